The second kappa shape index (κ2) is 4.02. The van der Waals surface area contributed by atoms with Crippen LogP contribution in [0.15, 0.2) is 35.5 Å². The number of nitrogens with one attached hydrogen (secondary N) is 2. The minimum absolute atomic E-state index is 0.0880. The van der Waals surface area contributed by atoms with Gasteiger partial charge in [0, 0.05) is 12.3 Å². The summed E-state index contributed by atoms with van der Waals surface area (Å²) < 4.78 is 0. The van der Waals surface area contributed by atoms with Crippen molar-refractivity contribution in [1.82, 2.24) is 20.1 Å². The van der Waals surface area contributed by atoms with Gasteiger partial charge in [-0.05, 0) is 6.07 Å². The van der Waals surface area contributed by atoms with E-state index in [-0.39, 0.29) is 5.56 Å². The van der Waals surface area contributed by atoms with Crippen LogP contribution in [0.2, 0.25) is 0 Å². The van der Waals surface area contributed by atoms with Crippen LogP contribution in [0.3, 0.4) is 0 Å². The van der Waals surface area contributed by atoms with Gasteiger partial charge < -0.3 is 10.3 Å². The van der Waals surface area contributed by atoms with Crippen molar-refractivity contribution in [1.29, 1.82) is 0 Å². The monoisotopic (exact) mass is 168 g/mol. The van der Waals surface area contributed by atoms with E-state index >= 15 is 0 Å². The molecule has 0 radical (unpaired) electrons. The second-order valence-electron chi connectivity index (χ2n) is 1.89. The molecule has 6 nitrogen and oxygen atoms in total. The number of rotatable bonds is 0. The van der Waals surface area contributed by atoms with E-state index in [2.05, 4.69) is 15.3 Å². The fourth-order valence-electron chi connectivity index (χ4n) is 0.533. The van der Waals surface area contributed by atoms with Crippen molar-refractivity contribution in [3.8, 4) is 0 Å². The fraction of sp³-hybridized carbons (Fsp3) is 0. The average Bonchev–Trinajstić information content (AvgIpc) is 2.63. The molecule has 3 N–H and O–H groups in total. The molecule has 0 saturated heterocycles. The minimum atomic E-state index is -0.0880. The Balaban J connectivity index is 0.000000120. The molecule has 0 aliphatic heterocycles. The first kappa shape index (κ1) is 8.12. The molecule has 2 rings (SSSR count). The highest BCUT2D eigenvalue weighted by Crippen LogP contribution is 1.72. The summed E-state index contributed by atoms with van der Waals surface area (Å²) in [5.41, 5.74) is -0.0880. The molecule has 0 fully saturated rings. The highest BCUT2D eigenvalue weighted by atomic mass is 16.5. The van der Waals surface area contributed by atoms with Crippen LogP contribution < -0.4 is 5.56 Å². The van der Waals surface area contributed by atoms with E-state index < -0.39 is 0 Å². The van der Waals surface area contributed by atoms with Crippen molar-refractivity contribution in [2.24, 2.45) is 0 Å². The zero-order chi connectivity index (χ0) is 8.81. The molecule has 2 aromatic rings. The van der Waals surface area contributed by atoms with Gasteiger partial charge in [0.05, 0.1) is 12.4 Å². The van der Waals surface area contributed by atoms with Gasteiger partial charge in [-0.25, -0.2) is 0 Å². The standard InChI is InChI=1S/2C3H4N2O/c6-5-3-1-2-4-5;6-3-1-2-4-5-3/h1-3,6H;1-2H,(H2,4,5,6). The number of aromatic amines is 2. The average molecular weight is 168 g/mol. The Hall–Kier alpha value is -1.98. The van der Waals surface area contributed by atoms with E-state index in [0.29, 0.717) is 0 Å². The van der Waals surface area contributed by atoms with Crippen molar-refractivity contribution in [2.75, 3.05) is 0 Å². The molecule has 64 valence electrons. The van der Waals surface area contributed by atoms with Gasteiger partial charge in [-0.15, -0.1) is 9.94 Å². The zero-order valence-electron chi connectivity index (χ0n) is 6.14. The molecule has 0 aromatic carbocycles. The normalized spacial score (nSPS) is 8.67. The predicted molar refractivity (Wildman–Crippen MR) is 40.8 cm³/mol. The smallest absolute Gasteiger partial charge is 0.263 e. The molecule has 0 bridgehead atoms. The topological polar surface area (TPSA) is 86.7 Å². The van der Waals surface area contributed by atoms with Crippen LogP contribution >= 0.6 is 0 Å². The Labute approximate surface area is 67.4 Å². The molecule has 0 aliphatic rings. The van der Waals surface area contributed by atoms with Gasteiger partial charge in [0.25, 0.3) is 5.56 Å². The van der Waals surface area contributed by atoms with Crippen molar-refractivity contribution in [3.63, 3.8) is 0 Å². The van der Waals surface area contributed by atoms with Crippen molar-refractivity contribution < 1.29 is 5.21 Å². The van der Waals surface area contributed by atoms with Crippen LogP contribution in [0.25, 0.3) is 0 Å². The van der Waals surface area contributed by atoms with E-state index in [1.54, 1.807) is 12.3 Å². The third kappa shape index (κ3) is 2.74. The number of aromatic nitrogens is 4. The Morgan fingerprint density at radius 3 is 2.58 bits per heavy atom. The molecule has 0 amide bonds. The van der Waals surface area contributed by atoms with Crippen molar-refractivity contribution >= 4 is 0 Å². The summed E-state index contributed by atoms with van der Waals surface area (Å²) in [5.74, 6) is 0. The Kier molecular flexibility index (Phi) is 2.72. The first-order valence-electron chi connectivity index (χ1n) is 3.20. The zero-order valence-corrected chi connectivity index (χ0v) is 6.14. The van der Waals surface area contributed by atoms with Gasteiger partial charge >= 0.3 is 0 Å². The highest BCUT2D eigenvalue weighted by molar-refractivity contribution is 4.75. The maximum absolute atomic E-state index is 9.98. The molecule has 2 heterocycles. The number of nitrogens with zero attached hydrogens (tertiary/aromatic N) is 2. The van der Waals surface area contributed by atoms with Crippen LogP contribution in [0, 0.1) is 0 Å². The number of hydrogen-bond donors (Lipinski definition) is 3. The first-order valence-corrected chi connectivity index (χ1v) is 3.20. The molecular weight excluding hydrogens is 160 g/mol. The third-order valence-electron chi connectivity index (χ3n) is 1.00. The minimum Gasteiger partial charge on any atom is -0.412 e. The van der Waals surface area contributed by atoms with E-state index in [4.69, 9.17) is 5.21 Å². The highest BCUT2D eigenvalue weighted by Gasteiger charge is 1.72. The van der Waals surface area contributed by atoms with Gasteiger partial charge in [-0.3, -0.25) is 9.89 Å². The van der Waals surface area contributed by atoms with E-state index in [9.17, 15) is 4.79 Å². The molecule has 0 aliphatic carbocycles. The quantitative estimate of drug-likeness (QED) is 0.477. The van der Waals surface area contributed by atoms with Gasteiger partial charge in [0.15, 0.2) is 0 Å². The van der Waals surface area contributed by atoms with Crippen LogP contribution in [-0.4, -0.2) is 25.3 Å². The predicted octanol–water partition coefficient (Wildman–Crippen LogP) is -0.177. The SMILES string of the molecule is O=c1cc[nH][nH]1.On1cccn1. The Morgan fingerprint density at radius 1 is 1.58 bits per heavy atom. The molecule has 2 aromatic heterocycles. The largest absolute Gasteiger partial charge is 0.412 e. The second-order valence-corrected chi connectivity index (χ2v) is 1.89. The summed E-state index contributed by atoms with van der Waals surface area (Å²) in [5, 5.41) is 16.5. The first-order chi connectivity index (χ1) is 5.79. The van der Waals surface area contributed by atoms with Gasteiger partial charge in [0.1, 0.15) is 0 Å². The summed E-state index contributed by atoms with van der Waals surface area (Å²) in [6, 6.07) is 3.06. The van der Waals surface area contributed by atoms with Crippen LogP contribution in [0.1, 0.15) is 0 Å². The van der Waals surface area contributed by atoms with Gasteiger partial charge in [-0.1, -0.05) is 0 Å². The van der Waals surface area contributed by atoms with Crippen molar-refractivity contribution in [3.05, 3.63) is 41.1 Å². The molecule has 0 atom stereocenters. The van der Waals surface area contributed by atoms with Crippen LogP contribution in [-0.2, 0) is 0 Å². The van der Waals surface area contributed by atoms with E-state index in [1.807, 2.05) is 0 Å². The lowest BCUT2D eigenvalue weighted by Gasteiger charge is -1.76. The molecule has 12 heavy (non-hydrogen) atoms. The van der Waals surface area contributed by atoms with Crippen molar-refractivity contribution in [2.45, 2.75) is 0 Å². The summed E-state index contributed by atoms with van der Waals surface area (Å²) in [7, 11) is 0. The lowest BCUT2D eigenvalue weighted by atomic mass is 10.7. The Morgan fingerprint density at radius 2 is 2.42 bits per heavy atom. The van der Waals surface area contributed by atoms with Gasteiger partial charge in [0.2, 0.25) is 0 Å². The summed E-state index contributed by atoms with van der Waals surface area (Å²) in [6.45, 7) is 0. The van der Waals surface area contributed by atoms with E-state index in [1.165, 1.54) is 18.5 Å². The molecule has 0 unspecified atom stereocenters. The van der Waals surface area contributed by atoms with Crippen LogP contribution in [0.4, 0.5) is 0 Å². The number of hydrogen-bond acceptors (Lipinski definition) is 3. The maximum Gasteiger partial charge on any atom is 0.263 e. The molecule has 6 heteroatoms. The number of H-pyrrole nitrogens is 2. The van der Waals surface area contributed by atoms with Crippen LogP contribution in [0.5, 0.6) is 0 Å². The Bertz CT molecular complexity index is 331. The molecule has 0 spiro atoms. The summed E-state index contributed by atoms with van der Waals surface area (Å²) in [6.07, 6.45) is 4.49. The molecule has 0 saturated carbocycles. The maximum atomic E-state index is 9.98. The lowest BCUT2D eigenvalue weighted by Crippen LogP contribution is -1.93. The van der Waals surface area contributed by atoms with Gasteiger partial charge in [-0.2, -0.15) is 0 Å². The third-order valence-corrected chi connectivity index (χ3v) is 1.00. The summed E-state index contributed by atoms with van der Waals surface area (Å²) in [4.78, 5) is 10.7. The fourth-order valence-corrected chi connectivity index (χ4v) is 0.533. The van der Waals surface area contributed by atoms with E-state index in [0.717, 1.165) is 4.85 Å². The molecular formula is C6H8N4O2. The lowest BCUT2D eigenvalue weighted by molar-refractivity contribution is 0.149. The summed E-state index contributed by atoms with van der Waals surface area (Å²) >= 11 is 0.